The van der Waals surface area contributed by atoms with Crippen LogP contribution in [0.15, 0.2) is 120 Å². The topological polar surface area (TPSA) is 26.9 Å². The van der Waals surface area contributed by atoms with Crippen molar-refractivity contribution in [3.63, 3.8) is 0 Å². The van der Waals surface area contributed by atoms with Crippen LogP contribution in [-0.2, 0) is 0 Å². The Kier molecular flexibility index (Phi) is 5.99. The van der Waals surface area contributed by atoms with E-state index in [1.165, 1.54) is 6.07 Å². The zero-order valence-electron chi connectivity index (χ0n) is 17.6. The molecule has 160 valence electrons. The number of benzene rings is 4. The summed E-state index contributed by atoms with van der Waals surface area (Å²) >= 11 is 9.82. The zero-order chi connectivity index (χ0) is 22.8. The first-order chi connectivity index (χ1) is 16.1. The van der Waals surface area contributed by atoms with Gasteiger partial charge in [0.1, 0.15) is 0 Å². The summed E-state index contributed by atoms with van der Waals surface area (Å²) in [5.74, 6) is -0.187. The Morgan fingerprint density at radius 1 is 0.576 bits per heavy atom. The minimum Gasteiger partial charge on any atom is -0.871 e. The molecule has 0 aliphatic rings. The van der Waals surface area contributed by atoms with Crippen molar-refractivity contribution >= 4 is 27.5 Å². The van der Waals surface area contributed by atoms with Crippen molar-refractivity contribution in [2.75, 3.05) is 0 Å². The van der Waals surface area contributed by atoms with E-state index in [1.54, 1.807) is 6.07 Å². The number of pyridine rings is 1. The molecule has 0 aliphatic carbocycles. The van der Waals surface area contributed by atoms with Crippen LogP contribution in [0.25, 0.3) is 39.3 Å². The summed E-state index contributed by atoms with van der Waals surface area (Å²) < 4.78 is 3.18. The van der Waals surface area contributed by atoms with E-state index in [2.05, 4.69) is 69.0 Å². The molecule has 33 heavy (non-hydrogen) atoms. The molecule has 0 saturated heterocycles. The summed E-state index contributed by atoms with van der Waals surface area (Å²) in [5, 5.41) is 12.2. The number of hydrogen-bond acceptors (Lipinski definition) is 1. The molecule has 0 bridgehead atoms. The minimum atomic E-state index is -0.187. The summed E-state index contributed by atoms with van der Waals surface area (Å²) in [5.41, 5.74) is 7.19. The van der Waals surface area contributed by atoms with Crippen molar-refractivity contribution in [1.82, 2.24) is 0 Å². The quantitative estimate of drug-likeness (QED) is 0.230. The fourth-order valence-electron chi connectivity index (χ4n) is 3.95. The molecule has 0 spiro atoms. The third-order valence-corrected chi connectivity index (χ3v) is 6.38. The maximum absolute atomic E-state index is 12.0. The van der Waals surface area contributed by atoms with E-state index in [-0.39, 0.29) is 10.8 Å². The summed E-state index contributed by atoms with van der Waals surface area (Å²) in [6, 6.07) is 38.3. The average molecular weight is 513 g/mol. The first-order valence-corrected chi connectivity index (χ1v) is 11.7. The highest BCUT2D eigenvalue weighted by molar-refractivity contribution is 9.10. The van der Waals surface area contributed by atoms with E-state index in [0.717, 1.165) is 43.8 Å². The highest BCUT2D eigenvalue weighted by atomic mass is 79.9. The summed E-state index contributed by atoms with van der Waals surface area (Å²) in [6.07, 6.45) is 0. The first-order valence-electron chi connectivity index (χ1n) is 10.5. The van der Waals surface area contributed by atoms with Crippen LogP contribution in [0.4, 0.5) is 0 Å². The number of hydrogen-bond donors (Lipinski definition) is 0. The molecule has 4 heteroatoms. The van der Waals surface area contributed by atoms with Gasteiger partial charge in [-0.15, -0.1) is 0 Å². The van der Waals surface area contributed by atoms with Gasteiger partial charge in [-0.1, -0.05) is 87.9 Å². The molecule has 0 N–H and O–H groups in total. The molecule has 1 heterocycles. The highest BCUT2D eigenvalue weighted by Crippen LogP contribution is 2.32. The van der Waals surface area contributed by atoms with Crippen molar-refractivity contribution < 1.29 is 9.67 Å². The van der Waals surface area contributed by atoms with Gasteiger partial charge in [-0.3, -0.25) is 0 Å². The van der Waals surface area contributed by atoms with Crippen molar-refractivity contribution in [1.29, 1.82) is 0 Å². The molecule has 4 aromatic carbocycles. The Hall–Kier alpha value is -3.40. The third kappa shape index (κ3) is 4.43. The predicted octanol–water partition coefficient (Wildman–Crippen LogP) is 7.45. The smallest absolute Gasteiger partial charge is 0.219 e. The molecule has 0 radical (unpaired) electrons. The highest BCUT2D eigenvalue weighted by Gasteiger charge is 2.25. The van der Waals surface area contributed by atoms with E-state index in [1.807, 2.05) is 54.6 Å². The standard InChI is InChI=1S/C29H19BrClNO/c30-24-13-11-22(12-14-24)28-18-23(20-7-3-1-4-8-20)17-27(21-9-5-2-6-10-21)32(28)25-15-16-29(33)26(31)19-25/h1-19H. The van der Waals surface area contributed by atoms with Gasteiger partial charge in [-0.25, -0.2) is 0 Å². The first kappa shape index (κ1) is 21.4. The van der Waals surface area contributed by atoms with Crippen LogP contribution >= 0.6 is 27.5 Å². The molecule has 0 atom stereocenters. The molecule has 2 nitrogen and oxygen atoms in total. The van der Waals surface area contributed by atoms with E-state index < -0.39 is 0 Å². The molecule has 0 aliphatic heterocycles. The molecule has 0 saturated carbocycles. The number of nitrogens with zero attached hydrogens (tertiary/aromatic N) is 1. The lowest BCUT2D eigenvalue weighted by Gasteiger charge is -2.14. The largest absolute Gasteiger partial charge is 0.871 e. The molecular weight excluding hydrogens is 494 g/mol. The Labute approximate surface area is 206 Å². The van der Waals surface area contributed by atoms with E-state index in [9.17, 15) is 5.11 Å². The fourth-order valence-corrected chi connectivity index (χ4v) is 4.39. The predicted molar refractivity (Wildman–Crippen MR) is 136 cm³/mol. The van der Waals surface area contributed by atoms with Gasteiger partial charge in [0.05, 0.1) is 0 Å². The van der Waals surface area contributed by atoms with Gasteiger partial charge >= 0.3 is 0 Å². The molecule has 5 aromatic rings. The Bertz CT molecular complexity index is 1420. The van der Waals surface area contributed by atoms with Crippen molar-refractivity contribution in [3.8, 4) is 45.1 Å². The fraction of sp³-hybridized carbons (Fsp3) is 0. The number of rotatable bonds is 4. The summed E-state index contributed by atoms with van der Waals surface area (Å²) in [4.78, 5) is 0. The lowest BCUT2D eigenvalue weighted by atomic mass is 9.98. The lowest BCUT2D eigenvalue weighted by molar-refractivity contribution is -0.572. The monoisotopic (exact) mass is 511 g/mol. The van der Waals surface area contributed by atoms with Crippen molar-refractivity contribution in [2.45, 2.75) is 0 Å². The van der Waals surface area contributed by atoms with Gasteiger partial charge < -0.3 is 5.11 Å². The molecule has 0 unspecified atom stereocenters. The summed E-state index contributed by atoms with van der Waals surface area (Å²) in [6.45, 7) is 0. The van der Waals surface area contributed by atoms with Gasteiger partial charge in [0.2, 0.25) is 17.1 Å². The van der Waals surface area contributed by atoms with E-state index in [0.29, 0.717) is 0 Å². The third-order valence-electron chi connectivity index (χ3n) is 5.56. The van der Waals surface area contributed by atoms with Crippen LogP contribution in [-0.4, -0.2) is 0 Å². The van der Waals surface area contributed by atoms with Crippen molar-refractivity contribution in [2.24, 2.45) is 0 Å². The van der Waals surface area contributed by atoms with Gasteiger partial charge in [-0.05, 0) is 47.5 Å². The normalized spacial score (nSPS) is 10.8. The summed E-state index contributed by atoms with van der Waals surface area (Å²) in [7, 11) is 0. The van der Waals surface area contributed by atoms with Crippen LogP contribution in [0.5, 0.6) is 5.75 Å². The molecule has 0 amide bonds. The van der Waals surface area contributed by atoms with Gasteiger partial charge in [-0.2, -0.15) is 4.57 Å². The Balaban J connectivity index is 1.88. The molecule has 5 rings (SSSR count). The van der Waals surface area contributed by atoms with Crippen LogP contribution in [0.2, 0.25) is 5.02 Å². The SMILES string of the molecule is [O-]c1ccc(-[n+]2c(-c3ccccc3)cc(-c3ccccc3)cc2-c2ccc(Br)cc2)cc1Cl. The van der Waals surface area contributed by atoms with Crippen LogP contribution in [0, 0.1) is 0 Å². The van der Waals surface area contributed by atoms with Crippen LogP contribution in [0.3, 0.4) is 0 Å². The maximum Gasteiger partial charge on any atom is 0.219 e. The maximum atomic E-state index is 12.0. The second-order valence-electron chi connectivity index (χ2n) is 7.70. The number of aromatic nitrogens is 1. The second kappa shape index (κ2) is 9.22. The minimum absolute atomic E-state index is 0.187. The average Bonchev–Trinajstić information content (AvgIpc) is 2.86. The number of halogens is 2. The van der Waals surface area contributed by atoms with Crippen LogP contribution in [0.1, 0.15) is 0 Å². The Morgan fingerprint density at radius 2 is 1.12 bits per heavy atom. The molecular formula is C29H19BrClNO. The van der Waals surface area contributed by atoms with Gasteiger partial charge in [0.25, 0.3) is 0 Å². The Morgan fingerprint density at radius 3 is 1.70 bits per heavy atom. The van der Waals surface area contributed by atoms with E-state index >= 15 is 0 Å². The van der Waals surface area contributed by atoms with Crippen LogP contribution < -0.4 is 9.67 Å². The van der Waals surface area contributed by atoms with Gasteiger partial charge in [0, 0.05) is 44.9 Å². The molecule has 0 fully saturated rings. The molecule has 1 aromatic heterocycles. The zero-order valence-corrected chi connectivity index (χ0v) is 19.9. The van der Waals surface area contributed by atoms with Gasteiger partial charge in [0.15, 0.2) is 0 Å². The lowest BCUT2D eigenvalue weighted by Crippen LogP contribution is -2.36. The second-order valence-corrected chi connectivity index (χ2v) is 9.03. The van der Waals surface area contributed by atoms with E-state index in [4.69, 9.17) is 11.6 Å². The van der Waals surface area contributed by atoms with Crippen molar-refractivity contribution in [3.05, 3.63) is 125 Å².